The molecular weight excluding hydrogens is 248 g/mol. The Bertz CT molecular complexity index is 393. The summed E-state index contributed by atoms with van der Waals surface area (Å²) in [6.07, 6.45) is 5.94. The number of benzene rings is 1. The van der Waals surface area contributed by atoms with Crippen LogP contribution in [0.1, 0.15) is 43.7 Å². The Morgan fingerprint density at radius 1 is 1.25 bits per heavy atom. The van der Waals surface area contributed by atoms with Gasteiger partial charge in [0.05, 0.1) is 0 Å². The first-order valence-corrected chi connectivity index (χ1v) is 8.05. The van der Waals surface area contributed by atoms with E-state index >= 15 is 0 Å². The van der Waals surface area contributed by atoms with Gasteiger partial charge >= 0.3 is 0 Å². The lowest BCUT2D eigenvalue weighted by Gasteiger charge is -2.21. The van der Waals surface area contributed by atoms with Crippen LogP contribution in [0.25, 0.3) is 0 Å². The van der Waals surface area contributed by atoms with Crippen molar-refractivity contribution in [2.45, 2.75) is 45.6 Å². The van der Waals surface area contributed by atoms with Crippen LogP contribution in [-0.4, -0.2) is 26.3 Å². The van der Waals surface area contributed by atoms with Crippen LogP contribution in [0.3, 0.4) is 0 Å². The summed E-state index contributed by atoms with van der Waals surface area (Å²) in [6.45, 7) is 7.06. The lowest BCUT2D eigenvalue weighted by Crippen LogP contribution is -2.20. The van der Waals surface area contributed by atoms with E-state index in [-0.39, 0.29) is 0 Å². The summed E-state index contributed by atoms with van der Waals surface area (Å²) in [7, 11) is 0. The molecular formula is C17H28N2O. The quantitative estimate of drug-likeness (QED) is 0.679. The lowest BCUT2D eigenvalue weighted by atomic mass is 9.99. The van der Waals surface area contributed by atoms with Crippen molar-refractivity contribution in [3.8, 4) is 0 Å². The number of hydrogen-bond acceptors (Lipinski definition) is 3. The summed E-state index contributed by atoms with van der Waals surface area (Å²) >= 11 is 0. The van der Waals surface area contributed by atoms with Crippen molar-refractivity contribution < 1.29 is 4.74 Å². The van der Waals surface area contributed by atoms with Crippen LogP contribution in [0.4, 0.5) is 5.69 Å². The fraction of sp³-hybridized carbons (Fsp3) is 0.647. The Morgan fingerprint density at radius 3 is 3.05 bits per heavy atom. The molecule has 3 nitrogen and oxygen atoms in total. The maximum absolute atomic E-state index is 5.56. The normalized spacial score (nSPS) is 13.8. The maximum Gasteiger partial charge on any atom is 0.0478 e. The molecule has 112 valence electrons. The van der Waals surface area contributed by atoms with E-state index in [9.17, 15) is 0 Å². The highest BCUT2D eigenvalue weighted by Crippen LogP contribution is 2.25. The van der Waals surface area contributed by atoms with Gasteiger partial charge in [0.15, 0.2) is 0 Å². The zero-order valence-corrected chi connectivity index (χ0v) is 12.7. The molecule has 1 aliphatic heterocycles. The van der Waals surface area contributed by atoms with Crippen LogP contribution in [-0.2, 0) is 17.7 Å². The monoisotopic (exact) mass is 276 g/mol. The first-order valence-electron chi connectivity index (χ1n) is 8.05. The summed E-state index contributed by atoms with van der Waals surface area (Å²) in [5, 5.41) is 7.06. The molecule has 2 N–H and O–H groups in total. The van der Waals surface area contributed by atoms with Crippen LogP contribution in [0.15, 0.2) is 18.2 Å². The molecule has 0 saturated carbocycles. The fourth-order valence-corrected chi connectivity index (χ4v) is 2.60. The molecule has 0 bridgehead atoms. The van der Waals surface area contributed by atoms with Crippen molar-refractivity contribution >= 4 is 5.69 Å². The van der Waals surface area contributed by atoms with Crippen LogP contribution in [0.2, 0.25) is 0 Å². The summed E-state index contributed by atoms with van der Waals surface area (Å²) in [5.74, 6) is 0. The van der Waals surface area contributed by atoms with Gasteiger partial charge in [0, 0.05) is 32.0 Å². The van der Waals surface area contributed by atoms with Crippen molar-refractivity contribution in [2.75, 3.05) is 31.6 Å². The average molecular weight is 276 g/mol. The first kappa shape index (κ1) is 15.3. The standard InChI is InChI=1S/C17H28N2O/c1-2-3-12-20-13-6-10-18-14-16-8-4-7-15-9-5-11-19-17(15)16/h4,7-8,18-19H,2-3,5-6,9-14H2,1H3. The molecule has 1 aliphatic rings. The van der Waals surface area contributed by atoms with E-state index in [0.29, 0.717) is 0 Å². The van der Waals surface area contributed by atoms with Crippen LogP contribution < -0.4 is 10.6 Å². The zero-order chi connectivity index (χ0) is 14.0. The highest BCUT2D eigenvalue weighted by molar-refractivity contribution is 5.59. The van der Waals surface area contributed by atoms with Crippen molar-refractivity contribution in [2.24, 2.45) is 0 Å². The molecule has 0 atom stereocenters. The number of nitrogens with one attached hydrogen (secondary N) is 2. The molecule has 20 heavy (non-hydrogen) atoms. The van der Waals surface area contributed by atoms with Gasteiger partial charge in [-0.25, -0.2) is 0 Å². The number of hydrogen-bond donors (Lipinski definition) is 2. The van der Waals surface area contributed by atoms with Gasteiger partial charge in [-0.05, 0) is 43.4 Å². The second kappa shape index (κ2) is 8.98. The van der Waals surface area contributed by atoms with E-state index in [1.165, 1.54) is 42.5 Å². The molecule has 0 fully saturated rings. The van der Waals surface area contributed by atoms with E-state index in [2.05, 4.69) is 35.8 Å². The number of fused-ring (bicyclic) bond motifs is 1. The molecule has 0 amide bonds. The van der Waals surface area contributed by atoms with E-state index in [4.69, 9.17) is 4.74 Å². The molecule has 3 heteroatoms. The van der Waals surface area contributed by atoms with Gasteiger partial charge in [-0.15, -0.1) is 0 Å². The minimum atomic E-state index is 0.873. The Morgan fingerprint density at radius 2 is 2.15 bits per heavy atom. The SMILES string of the molecule is CCCCOCCCNCc1cccc2c1NCCC2. The van der Waals surface area contributed by atoms with E-state index < -0.39 is 0 Å². The van der Waals surface area contributed by atoms with Crippen molar-refractivity contribution in [1.82, 2.24) is 5.32 Å². The molecule has 2 rings (SSSR count). The molecule has 1 aromatic rings. The Hall–Kier alpha value is -1.06. The third kappa shape index (κ3) is 4.80. The molecule has 0 saturated heterocycles. The van der Waals surface area contributed by atoms with Crippen LogP contribution in [0, 0.1) is 0 Å². The number of para-hydroxylation sites is 1. The van der Waals surface area contributed by atoms with Gasteiger partial charge < -0.3 is 15.4 Å². The predicted molar refractivity (Wildman–Crippen MR) is 85.3 cm³/mol. The number of anilines is 1. The lowest BCUT2D eigenvalue weighted by molar-refractivity contribution is 0.129. The second-order valence-corrected chi connectivity index (χ2v) is 5.48. The number of aryl methyl sites for hydroxylation is 1. The maximum atomic E-state index is 5.56. The molecule has 0 spiro atoms. The van der Waals surface area contributed by atoms with Crippen LogP contribution >= 0.6 is 0 Å². The van der Waals surface area contributed by atoms with Gasteiger partial charge in [-0.3, -0.25) is 0 Å². The van der Waals surface area contributed by atoms with E-state index in [1.54, 1.807) is 0 Å². The molecule has 0 unspecified atom stereocenters. The fourth-order valence-electron chi connectivity index (χ4n) is 2.60. The van der Waals surface area contributed by atoms with Crippen molar-refractivity contribution in [3.05, 3.63) is 29.3 Å². The number of unbranched alkanes of at least 4 members (excludes halogenated alkanes) is 1. The van der Waals surface area contributed by atoms with E-state index in [1.807, 2.05) is 0 Å². The van der Waals surface area contributed by atoms with Gasteiger partial charge in [0.2, 0.25) is 0 Å². The Labute approximate surface area is 123 Å². The third-order valence-electron chi connectivity index (χ3n) is 3.76. The highest BCUT2D eigenvalue weighted by atomic mass is 16.5. The average Bonchev–Trinajstić information content (AvgIpc) is 2.50. The molecule has 0 aliphatic carbocycles. The molecule has 1 heterocycles. The van der Waals surface area contributed by atoms with Gasteiger partial charge in [-0.1, -0.05) is 31.5 Å². The van der Waals surface area contributed by atoms with Crippen molar-refractivity contribution in [1.29, 1.82) is 0 Å². The predicted octanol–water partition coefficient (Wildman–Crippen LogP) is 3.34. The highest BCUT2D eigenvalue weighted by Gasteiger charge is 2.11. The summed E-state index contributed by atoms with van der Waals surface area (Å²) in [6, 6.07) is 6.64. The molecule has 1 aromatic carbocycles. The minimum absolute atomic E-state index is 0.873. The topological polar surface area (TPSA) is 33.3 Å². The van der Waals surface area contributed by atoms with Crippen LogP contribution in [0.5, 0.6) is 0 Å². The second-order valence-electron chi connectivity index (χ2n) is 5.48. The van der Waals surface area contributed by atoms with Gasteiger partial charge in [0.1, 0.15) is 0 Å². The smallest absolute Gasteiger partial charge is 0.0478 e. The largest absolute Gasteiger partial charge is 0.385 e. The minimum Gasteiger partial charge on any atom is -0.385 e. The zero-order valence-electron chi connectivity index (χ0n) is 12.7. The number of rotatable bonds is 9. The molecule has 0 aromatic heterocycles. The summed E-state index contributed by atoms with van der Waals surface area (Å²) in [4.78, 5) is 0. The summed E-state index contributed by atoms with van der Waals surface area (Å²) in [5.41, 5.74) is 4.23. The number of ether oxygens (including phenoxy) is 1. The molecule has 0 radical (unpaired) electrons. The third-order valence-corrected chi connectivity index (χ3v) is 3.76. The summed E-state index contributed by atoms with van der Waals surface area (Å²) < 4.78 is 5.56. The van der Waals surface area contributed by atoms with Gasteiger partial charge in [0.25, 0.3) is 0 Å². The van der Waals surface area contributed by atoms with E-state index in [0.717, 1.165) is 39.3 Å². The van der Waals surface area contributed by atoms with Gasteiger partial charge in [-0.2, -0.15) is 0 Å². The van der Waals surface area contributed by atoms with Crippen molar-refractivity contribution in [3.63, 3.8) is 0 Å². The first-order chi connectivity index (χ1) is 9.92. The Kier molecular flexibility index (Phi) is 6.89. The Balaban J connectivity index is 1.64.